The van der Waals surface area contributed by atoms with Crippen molar-refractivity contribution in [3.05, 3.63) is 72.2 Å². The van der Waals surface area contributed by atoms with Gasteiger partial charge in [0.05, 0.1) is 17.2 Å². The van der Waals surface area contributed by atoms with Gasteiger partial charge in [0.1, 0.15) is 11.6 Å². The van der Waals surface area contributed by atoms with Gasteiger partial charge < -0.3 is 10.1 Å². The van der Waals surface area contributed by atoms with E-state index >= 15 is 0 Å². The van der Waals surface area contributed by atoms with Crippen molar-refractivity contribution in [2.24, 2.45) is 0 Å². The van der Waals surface area contributed by atoms with E-state index in [-0.39, 0.29) is 0 Å². The van der Waals surface area contributed by atoms with E-state index in [0.717, 1.165) is 28.1 Å². The smallest absolute Gasteiger partial charge is 0.322 e. The normalized spacial score (nSPS) is 10.7. The summed E-state index contributed by atoms with van der Waals surface area (Å²) in [7, 11) is 0. The average Bonchev–Trinajstić information content (AvgIpc) is 2.62. The molecule has 0 aliphatic carbocycles. The number of fused-ring (bicyclic) bond motifs is 1. The highest BCUT2D eigenvalue weighted by Crippen LogP contribution is 2.23. The van der Waals surface area contributed by atoms with Crippen molar-refractivity contribution in [3.8, 4) is 11.8 Å². The van der Waals surface area contributed by atoms with Gasteiger partial charge in [-0.25, -0.2) is 15.0 Å². The van der Waals surface area contributed by atoms with Gasteiger partial charge in [-0.05, 0) is 56.3 Å². The molecular formula is C20H17N5O. The Morgan fingerprint density at radius 2 is 1.50 bits per heavy atom. The van der Waals surface area contributed by atoms with Gasteiger partial charge in [-0.1, -0.05) is 12.1 Å². The molecule has 128 valence electrons. The van der Waals surface area contributed by atoms with Gasteiger partial charge in [-0.2, -0.15) is 0 Å². The molecule has 0 saturated carbocycles. The van der Waals surface area contributed by atoms with E-state index in [9.17, 15) is 0 Å². The Morgan fingerprint density at radius 1 is 0.808 bits per heavy atom. The predicted molar refractivity (Wildman–Crippen MR) is 101 cm³/mol. The Kier molecular flexibility index (Phi) is 4.15. The summed E-state index contributed by atoms with van der Waals surface area (Å²) in [6, 6.07) is 17.6. The van der Waals surface area contributed by atoms with Crippen LogP contribution in [0.3, 0.4) is 0 Å². The molecule has 0 unspecified atom stereocenters. The summed E-state index contributed by atoms with van der Waals surface area (Å²) >= 11 is 0. The minimum absolute atomic E-state index is 0.351. The third kappa shape index (κ3) is 3.59. The fourth-order valence-electron chi connectivity index (χ4n) is 2.62. The van der Waals surface area contributed by atoms with Crippen molar-refractivity contribution in [2.75, 3.05) is 5.32 Å². The van der Waals surface area contributed by atoms with Crippen LogP contribution in [0.2, 0.25) is 0 Å². The molecule has 2 aromatic carbocycles. The number of hydrogen-bond donors (Lipinski definition) is 1. The Morgan fingerprint density at radius 3 is 2.23 bits per heavy atom. The second kappa shape index (κ2) is 6.76. The van der Waals surface area contributed by atoms with Gasteiger partial charge in [0.25, 0.3) is 0 Å². The number of rotatable bonds is 4. The molecule has 0 bridgehead atoms. The van der Waals surface area contributed by atoms with Crippen LogP contribution in [-0.4, -0.2) is 19.9 Å². The van der Waals surface area contributed by atoms with Crippen molar-refractivity contribution in [1.82, 2.24) is 19.9 Å². The van der Waals surface area contributed by atoms with Crippen LogP contribution in [0, 0.1) is 13.8 Å². The molecular weight excluding hydrogens is 326 g/mol. The molecule has 2 aromatic heterocycles. The van der Waals surface area contributed by atoms with E-state index in [1.165, 1.54) is 0 Å². The van der Waals surface area contributed by atoms with Crippen LogP contribution in [0.15, 0.2) is 60.8 Å². The second-order valence-electron chi connectivity index (χ2n) is 5.93. The Bertz CT molecular complexity index is 1040. The number of nitrogens with one attached hydrogen (secondary N) is 1. The number of para-hydroxylation sites is 2. The van der Waals surface area contributed by atoms with Gasteiger partial charge in [-0.3, -0.25) is 4.98 Å². The number of aromatic nitrogens is 4. The van der Waals surface area contributed by atoms with Crippen molar-refractivity contribution < 1.29 is 4.74 Å². The molecule has 6 nitrogen and oxygen atoms in total. The lowest BCUT2D eigenvalue weighted by molar-refractivity contribution is 0.439. The van der Waals surface area contributed by atoms with Crippen molar-refractivity contribution in [3.63, 3.8) is 0 Å². The fraction of sp³-hybridized carbons (Fsp3) is 0.100. The van der Waals surface area contributed by atoms with E-state index in [0.29, 0.717) is 17.6 Å². The maximum Gasteiger partial charge on any atom is 0.322 e. The summed E-state index contributed by atoms with van der Waals surface area (Å²) in [5, 5.41) is 3.24. The van der Waals surface area contributed by atoms with Gasteiger partial charge >= 0.3 is 6.01 Å². The molecule has 0 aliphatic rings. The van der Waals surface area contributed by atoms with Crippen LogP contribution >= 0.6 is 0 Å². The minimum Gasteiger partial charge on any atom is -0.424 e. The van der Waals surface area contributed by atoms with E-state index < -0.39 is 0 Å². The molecule has 0 spiro atoms. The van der Waals surface area contributed by atoms with Crippen molar-refractivity contribution in [2.45, 2.75) is 13.8 Å². The highest BCUT2D eigenvalue weighted by atomic mass is 16.5. The summed E-state index contributed by atoms with van der Waals surface area (Å²) in [4.78, 5) is 17.5. The lowest BCUT2D eigenvalue weighted by Gasteiger charge is -2.08. The van der Waals surface area contributed by atoms with Crippen LogP contribution in [0.25, 0.3) is 11.0 Å². The lowest BCUT2D eigenvalue weighted by atomic mass is 10.3. The first-order valence-corrected chi connectivity index (χ1v) is 8.25. The average molecular weight is 343 g/mol. The van der Waals surface area contributed by atoms with Gasteiger partial charge in [0.15, 0.2) is 0 Å². The highest BCUT2D eigenvalue weighted by molar-refractivity contribution is 5.76. The first kappa shape index (κ1) is 16.0. The zero-order valence-electron chi connectivity index (χ0n) is 14.5. The highest BCUT2D eigenvalue weighted by Gasteiger charge is 2.04. The summed E-state index contributed by atoms with van der Waals surface area (Å²) in [5.41, 5.74) is 4.37. The first-order valence-electron chi connectivity index (χ1n) is 8.25. The molecule has 6 heteroatoms. The molecule has 26 heavy (non-hydrogen) atoms. The quantitative estimate of drug-likeness (QED) is 0.585. The summed E-state index contributed by atoms with van der Waals surface area (Å²) in [5.74, 6) is 1.36. The zero-order chi connectivity index (χ0) is 17.9. The first-order chi connectivity index (χ1) is 12.7. The Balaban J connectivity index is 1.49. The third-order valence-electron chi connectivity index (χ3n) is 3.75. The second-order valence-corrected chi connectivity index (χ2v) is 5.93. The molecule has 0 aliphatic heterocycles. The van der Waals surface area contributed by atoms with Gasteiger partial charge in [0.2, 0.25) is 0 Å². The summed E-state index contributed by atoms with van der Waals surface area (Å²) < 4.78 is 5.72. The fourth-order valence-corrected chi connectivity index (χ4v) is 2.62. The molecule has 0 atom stereocenters. The Labute approximate surface area is 150 Å². The van der Waals surface area contributed by atoms with E-state index in [2.05, 4.69) is 25.3 Å². The number of ether oxygens (including phenoxy) is 1. The molecule has 2 heterocycles. The van der Waals surface area contributed by atoms with E-state index in [4.69, 9.17) is 4.74 Å². The van der Waals surface area contributed by atoms with Crippen LogP contribution in [-0.2, 0) is 0 Å². The zero-order valence-corrected chi connectivity index (χ0v) is 14.5. The molecule has 4 rings (SSSR count). The largest absolute Gasteiger partial charge is 0.424 e. The van der Waals surface area contributed by atoms with E-state index in [1.54, 1.807) is 6.20 Å². The van der Waals surface area contributed by atoms with Gasteiger partial charge in [0, 0.05) is 17.1 Å². The molecule has 1 N–H and O–H groups in total. The number of benzene rings is 2. The van der Waals surface area contributed by atoms with Crippen molar-refractivity contribution >= 4 is 22.5 Å². The van der Waals surface area contributed by atoms with E-state index in [1.807, 2.05) is 68.4 Å². The molecule has 0 fully saturated rings. The lowest BCUT2D eigenvalue weighted by Crippen LogP contribution is -1.97. The minimum atomic E-state index is 0.351. The summed E-state index contributed by atoms with van der Waals surface area (Å²) in [6.45, 7) is 3.83. The van der Waals surface area contributed by atoms with Crippen LogP contribution < -0.4 is 10.1 Å². The van der Waals surface area contributed by atoms with Crippen LogP contribution in [0.4, 0.5) is 11.5 Å². The monoisotopic (exact) mass is 343 g/mol. The SMILES string of the molecule is Cc1cc(C)nc(Oc2ccc(Nc3cnc4ccccc4n3)cc2)n1. The number of aryl methyl sites for hydroxylation is 2. The molecule has 0 amide bonds. The maximum atomic E-state index is 5.72. The van der Waals surface area contributed by atoms with Crippen molar-refractivity contribution in [1.29, 1.82) is 0 Å². The summed E-state index contributed by atoms with van der Waals surface area (Å²) in [6.07, 6.45) is 1.72. The number of nitrogens with zero attached hydrogens (tertiary/aromatic N) is 4. The standard InChI is InChI=1S/C20H17N5O/c1-13-11-14(2)23-20(22-13)26-16-9-7-15(8-10-16)24-19-12-21-17-5-3-4-6-18(17)25-19/h3-12H,1-2H3,(H,24,25). The van der Waals surface area contributed by atoms with Gasteiger partial charge in [-0.15, -0.1) is 0 Å². The topological polar surface area (TPSA) is 72.8 Å². The number of anilines is 2. The predicted octanol–water partition coefficient (Wildman–Crippen LogP) is 4.57. The Hall–Kier alpha value is -3.54. The molecule has 0 saturated heterocycles. The molecule has 4 aromatic rings. The van der Waals surface area contributed by atoms with Crippen LogP contribution in [0.5, 0.6) is 11.8 Å². The molecule has 0 radical (unpaired) electrons. The maximum absolute atomic E-state index is 5.72. The third-order valence-corrected chi connectivity index (χ3v) is 3.75. The number of hydrogen-bond acceptors (Lipinski definition) is 6. The van der Waals surface area contributed by atoms with Crippen LogP contribution in [0.1, 0.15) is 11.4 Å².